The smallest absolute Gasteiger partial charge is 0.243 e. The molecule has 82 valence electrons. The third kappa shape index (κ3) is 2.84. The number of hydrogen-bond donors (Lipinski definition) is 1. The number of carbonyl (C=O) groups is 1. The van der Waals surface area contributed by atoms with Crippen LogP contribution in [0, 0.1) is 0 Å². The second-order valence-corrected chi connectivity index (χ2v) is 4.16. The number of hydrazine groups is 1. The van der Waals surface area contributed by atoms with E-state index in [-0.39, 0.29) is 11.8 Å². The average Bonchev–Trinajstić information content (AvgIpc) is 2.19. The molecule has 1 atom stereocenters. The van der Waals surface area contributed by atoms with Gasteiger partial charge in [-0.05, 0) is 24.6 Å². The van der Waals surface area contributed by atoms with Crippen LogP contribution < -0.4 is 5.84 Å². The highest BCUT2D eigenvalue weighted by atomic mass is 35.5. The van der Waals surface area contributed by atoms with Crippen LogP contribution in [0.25, 0.3) is 0 Å². The summed E-state index contributed by atoms with van der Waals surface area (Å²) >= 11 is 11.6. The second-order valence-electron chi connectivity index (χ2n) is 3.34. The Morgan fingerprint density at radius 2 is 2.00 bits per heavy atom. The standard InChI is InChI=1S/C10H12Cl2N2O/c1-6(10(15)14(2)13)7-3-4-8(11)9(12)5-7/h3-6H,13H2,1-2H3. The lowest BCUT2D eigenvalue weighted by molar-refractivity contribution is -0.131. The molecule has 0 aliphatic rings. The number of nitrogens with zero attached hydrogens (tertiary/aromatic N) is 1. The monoisotopic (exact) mass is 246 g/mol. The van der Waals surface area contributed by atoms with Gasteiger partial charge >= 0.3 is 0 Å². The maximum absolute atomic E-state index is 11.6. The molecule has 0 saturated heterocycles. The highest BCUT2D eigenvalue weighted by Gasteiger charge is 2.17. The number of rotatable bonds is 2. The van der Waals surface area contributed by atoms with Gasteiger partial charge in [-0.15, -0.1) is 0 Å². The van der Waals surface area contributed by atoms with Crippen molar-refractivity contribution in [2.45, 2.75) is 12.8 Å². The molecule has 1 aromatic rings. The summed E-state index contributed by atoms with van der Waals surface area (Å²) in [7, 11) is 1.51. The van der Waals surface area contributed by atoms with Crippen molar-refractivity contribution in [3.8, 4) is 0 Å². The van der Waals surface area contributed by atoms with Gasteiger partial charge < -0.3 is 0 Å². The van der Waals surface area contributed by atoms with Gasteiger partial charge in [-0.3, -0.25) is 9.80 Å². The third-order valence-corrected chi connectivity index (χ3v) is 2.90. The molecule has 0 spiro atoms. The van der Waals surface area contributed by atoms with Crippen LogP contribution in [0.5, 0.6) is 0 Å². The Bertz CT molecular complexity index is 380. The summed E-state index contributed by atoms with van der Waals surface area (Å²) in [5, 5.41) is 1.97. The van der Waals surface area contributed by atoms with Crippen LogP contribution in [0.1, 0.15) is 18.4 Å². The summed E-state index contributed by atoms with van der Waals surface area (Å²) < 4.78 is 0. The van der Waals surface area contributed by atoms with E-state index in [0.29, 0.717) is 10.0 Å². The summed E-state index contributed by atoms with van der Waals surface area (Å²) in [5.74, 6) is 4.87. The van der Waals surface area contributed by atoms with Crippen LogP contribution in [-0.4, -0.2) is 18.0 Å². The minimum absolute atomic E-state index is 0.173. The minimum Gasteiger partial charge on any atom is -0.283 e. The molecule has 1 rings (SSSR count). The fourth-order valence-electron chi connectivity index (χ4n) is 1.23. The Kier molecular flexibility index (Phi) is 3.97. The highest BCUT2D eigenvalue weighted by molar-refractivity contribution is 6.42. The van der Waals surface area contributed by atoms with Gasteiger partial charge in [-0.1, -0.05) is 29.3 Å². The molecule has 0 aliphatic heterocycles. The Labute approximate surface area is 98.7 Å². The van der Waals surface area contributed by atoms with Crippen molar-refractivity contribution < 1.29 is 4.79 Å². The molecule has 3 nitrogen and oxygen atoms in total. The molecular formula is C10H12Cl2N2O. The van der Waals surface area contributed by atoms with E-state index in [1.165, 1.54) is 7.05 Å². The number of carbonyl (C=O) groups excluding carboxylic acids is 1. The SMILES string of the molecule is CC(C(=O)N(C)N)c1ccc(Cl)c(Cl)c1. The van der Waals surface area contributed by atoms with Crippen LogP contribution in [0.3, 0.4) is 0 Å². The molecule has 0 aromatic heterocycles. The van der Waals surface area contributed by atoms with Crippen molar-refractivity contribution in [2.75, 3.05) is 7.05 Å². The van der Waals surface area contributed by atoms with Crippen LogP contribution >= 0.6 is 23.2 Å². The van der Waals surface area contributed by atoms with Crippen LogP contribution in [0.2, 0.25) is 10.0 Å². The first-order chi connectivity index (χ1) is 6.93. The van der Waals surface area contributed by atoms with Gasteiger partial charge in [0.25, 0.3) is 0 Å². The topological polar surface area (TPSA) is 46.3 Å². The molecule has 15 heavy (non-hydrogen) atoms. The van der Waals surface area contributed by atoms with Crippen LogP contribution in [-0.2, 0) is 4.79 Å². The van der Waals surface area contributed by atoms with E-state index < -0.39 is 0 Å². The van der Waals surface area contributed by atoms with Crippen molar-refractivity contribution in [1.29, 1.82) is 0 Å². The molecule has 0 heterocycles. The van der Waals surface area contributed by atoms with E-state index >= 15 is 0 Å². The van der Waals surface area contributed by atoms with Gasteiger partial charge in [0.05, 0.1) is 16.0 Å². The largest absolute Gasteiger partial charge is 0.283 e. The molecule has 0 aliphatic carbocycles. The Balaban J connectivity index is 2.97. The maximum atomic E-state index is 11.6. The van der Waals surface area contributed by atoms with Gasteiger partial charge in [0.15, 0.2) is 0 Å². The fraction of sp³-hybridized carbons (Fsp3) is 0.300. The summed E-state index contributed by atoms with van der Waals surface area (Å²) in [4.78, 5) is 11.6. The van der Waals surface area contributed by atoms with E-state index in [1.54, 1.807) is 25.1 Å². The first-order valence-corrected chi connectivity index (χ1v) is 5.16. The molecular weight excluding hydrogens is 235 g/mol. The minimum atomic E-state index is -0.324. The van der Waals surface area contributed by atoms with Crippen molar-refractivity contribution >= 4 is 29.1 Å². The molecule has 1 aromatic carbocycles. The van der Waals surface area contributed by atoms with Crippen LogP contribution in [0.15, 0.2) is 18.2 Å². The van der Waals surface area contributed by atoms with Gasteiger partial charge in [-0.2, -0.15) is 0 Å². The number of likely N-dealkylation sites (N-methyl/N-ethyl adjacent to an activating group) is 1. The highest BCUT2D eigenvalue weighted by Crippen LogP contribution is 2.26. The van der Waals surface area contributed by atoms with Crippen molar-refractivity contribution in [1.82, 2.24) is 5.01 Å². The second kappa shape index (κ2) is 4.84. The van der Waals surface area contributed by atoms with Gasteiger partial charge in [0, 0.05) is 7.05 Å². The molecule has 1 unspecified atom stereocenters. The molecule has 2 N–H and O–H groups in total. The summed E-state index contributed by atoms with van der Waals surface area (Å²) in [5.41, 5.74) is 0.798. The average molecular weight is 247 g/mol. The Morgan fingerprint density at radius 3 is 2.47 bits per heavy atom. The molecule has 0 saturated carbocycles. The van der Waals surface area contributed by atoms with Crippen molar-refractivity contribution in [2.24, 2.45) is 5.84 Å². The number of halogens is 2. The zero-order valence-corrected chi connectivity index (χ0v) is 10.0. The lowest BCUT2D eigenvalue weighted by Gasteiger charge is -2.16. The summed E-state index contributed by atoms with van der Waals surface area (Å²) in [6, 6.07) is 5.11. The van der Waals surface area contributed by atoms with E-state index in [1.807, 2.05) is 0 Å². The fourth-order valence-corrected chi connectivity index (χ4v) is 1.54. The Hall–Kier alpha value is -0.770. The lowest BCUT2D eigenvalue weighted by atomic mass is 10.0. The first kappa shape index (κ1) is 12.3. The maximum Gasteiger partial charge on any atom is 0.243 e. The van der Waals surface area contributed by atoms with E-state index in [4.69, 9.17) is 29.0 Å². The number of benzene rings is 1. The van der Waals surface area contributed by atoms with E-state index in [9.17, 15) is 4.79 Å². The number of hydrogen-bond acceptors (Lipinski definition) is 2. The van der Waals surface area contributed by atoms with Crippen molar-refractivity contribution in [3.05, 3.63) is 33.8 Å². The van der Waals surface area contributed by atoms with Crippen LogP contribution in [0.4, 0.5) is 0 Å². The predicted molar refractivity (Wildman–Crippen MR) is 61.8 cm³/mol. The molecule has 0 bridgehead atoms. The normalized spacial score (nSPS) is 12.3. The third-order valence-electron chi connectivity index (χ3n) is 2.16. The molecule has 0 radical (unpaired) electrons. The van der Waals surface area contributed by atoms with E-state index in [2.05, 4.69) is 0 Å². The van der Waals surface area contributed by atoms with Gasteiger partial charge in [0.1, 0.15) is 0 Å². The van der Waals surface area contributed by atoms with E-state index in [0.717, 1.165) is 10.6 Å². The first-order valence-electron chi connectivity index (χ1n) is 4.40. The van der Waals surface area contributed by atoms with Gasteiger partial charge in [0.2, 0.25) is 5.91 Å². The molecule has 1 amide bonds. The molecule has 5 heteroatoms. The Morgan fingerprint density at radius 1 is 1.40 bits per heavy atom. The summed E-state index contributed by atoms with van der Waals surface area (Å²) in [6.45, 7) is 1.77. The van der Waals surface area contributed by atoms with Gasteiger partial charge in [-0.25, -0.2) is 5.84 Å². The zero-order valence-electron chi connectivity index (χ0n) is 8.50. The molecule has 0 fully saturated rings. The van der Waals surface area contributed by atoms with Crippen molar-refractivity contribution in [3.63, 3.8) is 0 Å². The lowest BCUT2D eigenvalue weighted by Crippen LogP contribution is -2.36. The number of amides is 1. The zero-order chi connectivity index (χ0) is 11.6. The quantitative estimate of drug-likeness (QED) is 0.495. The summed E-state index contributed by atoms with van der Waals surface area (Å²) in [6.07, 6.45) is 0. The predicted octanol–water partition coefficient (Wildman–Crippen LogP) is 2.43. The number of nitrogens with two attached hydrogens (primary N) is 1.